The average molecular weight is 1190 g/mol. The fourth-order valence-electron chi connectivity index (χ4n) is 11.0. The van der Waals surface area contributed by atoms with Gasteiger partial charge in [0.25, 0.3) is 5.91 Å². The third kappa shape index (κ3) is 17.8. The number of anilines is 1. The van der Waals surface area contributed by atoms with Crippen molar-refractivity contribution in [2.24, 2.45) is 33.7 Å². The van der Waals surface area contributed by atoms with Gasteiger partial charge in [-0.05, 0) is 107 Å². The monoisotopic (exact) mass is 1190 g/mol. The van der Waals surface area contributed by atoms with Crippen LogP contribution in [0.5, 0.6) is 0 Å². The van der Waals surface area contributed by atoms with Crippen LogP contribution in [0.25, 0.3) is 0 Å². The molecule has 3 unspecified atom stereocenters. The van der Waals surface area contributed by atoms with Gasteiger partial charge < -0.3 is 85.7 Å². The molecule has 460 valence electrons. The zero-order valence-electron chi connectivity index (χ0n) is 47.0. The highest BCUT2D eigenvalue weighted by molar-refractivity contribution is 7.99. The van der Waals surface area contributed by atoms with Crippen molar-refractivity contribution in [3.8, 4) is 0 Å². The Labute approximate surface area is 490 Å². The number of aryl methyl sites for hydroxylation is 1. The third-order valence-corrected chi connectivity index (χ3v) is 16.4. The molecule has 0 radical (unpaired) electrons. The van der Waals surface area contributed by atoms with Gasteiger partial charge in [-0.3, -0.25) is 57.8 Å². The molecule has 2 aromatic rings. The van der Waals surface area contributed by atoms with Crippen LogP contribution in [0.1, 0.15) is 94.1 Å². The van der Waals surface area contributed by atoms with Gasteiger partial charge in [0.05, 0.1) is 31.0 Å². The van der Waals surface area contributed by atoms with E-state index in [2.05, 4.69) is 36.9 Å². The Morgan fingerprint density at radius 1 is 0.762 bits per heavy atom. The number of guanidine groups is 1. The largest absolute Gasteiger partial charge is 0.480 e. The van der Waals surface area contributed by atoms with Gasteiger partial charge in [-0.2, -0.15) is 0 Å². The zero-order valence-corrected chi connectivity index (χ0v) is 47.8. The number of carboxylic acids is 1. The number of β-amino-alcohol motifs (C(OH)–C–C–N with tert-alkyl or cyclic N) is 1. The molecular formula is C55H81N15O13S. The number of aliphatic hydroxyl groups excluding tert-OH is 2. The van der Waals surface area contributed by atoms with Crippen LogP contribution >= 0.6 is 11.8 Å². The molecule has 2 aromatic carbocycles. The van der Waals surface area contributed by atoms with E-state index in [1.807, 2.05) is 12.1 Å². The Morgan fingerprint density at radius 2 is 1.44 bits per heavy atom. The van der Waals surface area contributed by atoms with Crippen LogP contribution in [-0.2, 0) is 54.4 Å². The molecular weight excluding hydrogens is 1110 g/mol. The molecule has 0 aromatic heterocycles. The summed E-state index contributed by atoms with van der Waals surface area (Å²) in [5.41, 5.74) is 30.6. The molecule has 6 rings (SSSR count). The Bertz CT molecular complexity index is 2720. The van der Waals surface area contributed by atoms with E-state index in [-0.39, 0.29) is 63.5 Å². The molecule has 3 aliphatic heterocycles. The number of hydrogen-bond donors (Lipinski definition) is 14. The second-order valence-corrected chi connectivity index (χ2v) is 22.4. The van der Waals surface area contributed by atoms with Crippen molar-refractivity contribution in [3.05, 3.63) is 59.7 Å². The maximum absolute atomic E-state index is 14.6. The number of para-hydroxylation sites is 1. The number of rotatable bonds is 30. The number of amides is 9. The normalized spacial score (nSPS) is 20.8. The van der Waals surface area contributed by atoms with Gasteiger partial charge >= 0.3 is 5.97 Å². The minimum Gasteiger partial charge on any atom is -0.480 e. The Balaban J connectivity index is 1.12. The number of carboxylic acid groups (broad SMARTS) is 1. The second kappa shape index (κ2) is 32.0. The predicted molar refractivity (Wildman–Crippen MR) is 309 cm³/mol. The van der Waals surface area contributed by atoms with Crippen molar-refractivity contribution in [2.45, 2.75) is 149 Å². The molecule has 9 amide bonds. The first kappa shape index (κ1) is 65.7. The smallest absolute Gasteiger partial charge is 0.323 e. The van der Waals surface area contributed by atoms with E-state index >= 15 is 0 Å². The van der Waals surface area contributed by atoms with Crippen molar-refractivity contribution in [1.29, 1.82) is 0 Å². The molecule has 10 atom stereocenters. The highest BCUT2D eigenvalue weighted by Gasteiger charge is 2.46. The van der Waals surface area contributed by atoms with Crippen molar-refractivity contribution < 1.29 is 63.3 Å². The number of nitrogens with one attached hydrogen (secondary N) is 6. The number of nitrogens with zero attached hydrogens (tertiary/aromatic N) is 4. The minimum absolute atomic E-state index is 0.00247. The molecule has 84 heavy (non-hydrogen) atoms. The van der Waals surface area contributed by atoms with Crippen molar-refractivity contribution in [1.82, 2.24) is 41.7 Å². The third-order valence-electron chi connectivity index (χ3n) is 15.3. The van der Waals surface area contributed by atoms with E-state index in [0.29, 0.717) is 75.0 Å². The van der Waals surface area contributed by atoms with Crippen LogP contribution < -0.4 is 65.5 Å². The Hall–Kier alpha value is -7.44. The molecule has 28 nitrogen and oxygen atoms in total. The van der Waals surface area contributed by atoms with Crippen LogP contribution in [0.15, 0.2) is 58.4 Å². The summed E-state index contributed by atoms with van der Waals surface area (Å²) < 4.78 is 0. The summed E-state index contributed by atoms with van der Waals surface area (Å²) in [6, 6.07) is 3.96. The molecule has 19 N–H and O–H groups in total. The molecule has 29 heteroatoms. The lowest BCUT2D eigenvalue weighted by molar-refractivity contribution is -0.148. The van der Waals surface area contributed by atoms with Crippen LogP contribution in [0.4, 0.5) is 5.69 Å². The number of aliphatic imine (C=N–C) groups is 1. The van der Waals surface area contributed by atoms with Gasteiger partial charge in [0.2, 0.25) is 47.3 Å². The summed E-state index contributed by atoms with van der Waals surface area (Å²) in [7, 11) is 0. The van der Waals surface area contributed by atoms with Crippen LogP contribution in [0.3, 0.4) is 0 Å². The first-order chi connectivity index (χ1) is 40.3. The first-order valence-electron chi connectivity index (χ1n) is 28.5. The number of unbranched alkanes of at least 4 members (excludes halogenated alkanes) is 2. The summed E-state index contributed by atoms with van der Waals surface area (Å²) >= 11 is 1.20. The number of thioether (sulfide) groups is 1. The van der Waals surface area contributed by atoms with Gasteiger partial charge in [0.1, 0.15) is 48.8 Å². The Morgan fingerprint density at radius 3 is 2.15 bits per heavy atom. The second-order valence-electron chi connectivity index (χ2n) is 21.3. The van der Waals surface area contributed by atoms with E-state index in [9.17, 15) is 63.3 Å². The minimum atomic E-state index is -1.64. The highest BCUT2D eigenvalue weighted by Crippen LogP contribution is 2.36. The fraction of sp³-hybridized carbons (Fsp3) is 0.582. The molecule has 2 fully saturated rings. The zero-order chi connectivity index (χ0) is 61.0. The molecule has 2 saturated heterocycles. The van der Waals surface area contributed by atoms with Gasteiger partial charge in [-0.1, -0.05) is 42.8 Å². The van der Waals surface area contributed by atoms with Crippen molar-refractivity contribution in [2.75, 3.05) is 63.1 Å². The molecule has 0 bridgehead atoms. The van der Waals surface area contributed by atoms with Crippen molar-refractivity contribution in [3.63, 3.8) is 0 Å². The van der Waals surface area contributed by atoms with E-state index < -0.39 is 139 Å². The van der Waals surface area contributed by atoms with E-state index in [1.54, 1.807) is 36.4 Å². The molecule has 0 saturated carbocycles. The van der Waals surface area contributed by atoms with Crippen LogP contribution in [0, 0.1) is 0 Å². The van der Waals surface area contributed by atoms with E-state index in [1.165, 1.54) is 16.7 Å². The summed E-state index contributed by atoms with van der Waals surface area (Å²) in [6.07, 6.45) is 3.11. The standard InChI is InChI=1S/C55H81N15O13S/c56-21-7-5-13-35(58)47(76)63-36(14-6-8-22-57)48(77)64-37(15-9-23-61-55(59)60)52(81)68-24-10-17-41(68)54(83)69-27-32(72)25-42(69)50(79)62-26-44(73)67-46(34-20-19-31-11-1-2-12-33(31)34)51(80)65-38(29-71)49(78)66-39-30-84-43-18-4-3-16-40(43)70(53(39)82)28-45(74)75/h1-4,11-12,16,18,32,34-39,41-42,46,71-72H,5-10,13-15,17,19-30,56-58H2,(H,62,79)(H,63,76)(H,64,77)(H,65,80)(H,66,78)(H,67,73)(H,74,75)(H4,59,60,61)/t32?,34?,35-,36-,37-,38-,39+,41-,42-,46?/m0/s1. The number of nitrogens with two attached hydrogens (primary N) is 5. The number of aliphatic carboxylic acids is 1. The fourth-order valence-corrected chi connectivity index (χ4v) is 12.0. The number of benzene rings is 2. The lowest BCUT2D eigenvalue weighted by Gasteiger charge is -2.33. The molecule has 3 heterocycles. The topological polar surface area (TPSA) is 456 Å². The lowest BCUT2D eigenvalue weighted by Crippen LogP contribution is -2.60. The van der Waals surface area contributed by atoms with Gasteiger partial charge in [0.15, 0.2) is 5.96 Å². The number of carbonyl (C=O) groups excluding carboxylic acids is 9. The number of aliphatic hydroxyl groups is 2. The predicted octanol–water partition coefficient (Wildman–Crippen LogP) is -3.94. The molecule has 1 aliphatic carbocycles. The SMILES string of the molecule is NCCCC[C@H](NC(=O)[C@@H](N)CCCCN)C(=O)N[C@@H](CCCN=C(N)N)C(=O)N1CCC[C@H]1C(=O)N1CC(O)C[C@H]1C(=O)NCC(=O)NC(C(=O)N[C@@H](CO)C(=O)N[C@@H]1CSc2ccccc2N(CC(=O)O)C1=O)C1CCc2ccccc21. The van der Waals surface area contributed by atoms with E-state index in [0.717, 1.165) is 20.9 Å². The average Bonchev–Trinajstić information content (AvgIpc) is 3.40. The number of likely N-dealkylation sites (tertiary alicyclic amines) is 2. The number of carbonyl (C=O) groups is 10. The lowest BCUT2D eigenvalue weighted by atomic mass is 9.92. The van der Waals surface area contributed by atoms with Gasteiger partial charge in [0, 0.05) is 42.6 Å². The molecule has 0 spiro atoms. The molecule has 4 aliphatic rings. The van der Waals surface area contributed by atoms with E-state index in [4.69, 9.17) is 28.7 Å². The number of fused-ring (bicyclic) bond motifs is 2. The summed E-state index contributed by atoms with van der Waals surface area (Å²) in [6.45, 7) is -1.66. The summed E-state index contributed by atoms with van der Waals surface area (Å²) in [5, 5.41) is 46.8. The quantitative estimate of drug-likeness (QED) is 0.0202. The van der Waals surface area contributed by atoms with Gasteiger partial charge in [-0.25, -0.2) is 0 Å². The highest BCUT2D eigenvalue weighted by atomic mass is 32.2. The van der Waals surface area contributed by atoms with Crippen molar-refractivity contribution >= 4 is 82.5 Å². The maximum Gasteiger partial charge on any atom is 0.323 e. The van der Waals surface area contributed by atoms with Crippen LogP contribution in [-0.4, -0.2) is 203 Å². The number of hydrogen-bond acceptors (Lipinski definition) is 17. The Kier molecular flexibility index (Phi) is 25.0. The first-order valence-corrected chi connectivity index (χ1v) is 29.5. The van der Waals surface area contributed by atoms with Gasteiger partial charge in [-0.15, -0.1) is 11.8 Å². The maximum atomic E-state index is 14.6. The summed E-state index contributed by atoms with van der Waals surface area (Å²) in [4.78, 5) is 146. The summed E-state index contributed by atoms with van der Waals surface area (Å²) in [5.74, 6) is -8.85. The van der Waals surface area contributed by atoms with Crippen LogP contribution in [0.2, 0.25) is 0 Å².